The van der Waals surface area contributed by atoms with E-state index in [1.54, 1.807) is 0 Å². The van der Waals surface area contributed by atoms with Crippen LogP contribution in [0.1, 0.15) is 26.7 Å². The molecule has 0 aromatic heterocycles. The molecule has 1 heterocycles. The van der Waals surface area contributed by atoms with Crippen molar-refractivity contribution in [1.82, 2.24) is 10.2 Å². The molecule has 0 amide bonds. The maximum absolute atomic E-state index is 11.3. The van der Waals surface area contributed by atoms with Crippen molar-refractivity contribution in [2.24, 2.45) is 5.92 Å². The van der Waals surface area contributed by atoms with Crippen molar-refractivity contribution in [1.29, 1.82) is 0 Å². The van der Waals surface area contributed by atoms with Crippen LogP contribution in [0.4, 0.5) is 0 Å². The molecule has 0 radical (unpaired) electrons. The van der Waals surface area contributed by atoms with Gasteiger partial charge in [-0.15, -0.1) is 0 Å². The summed E-state index contributed by atoms with van der Waals surface area (Å²) in [7, 11) is 1.98. The third-order valence-corrected chi connectivity index (χ3v) is 2.94. The molecule has 1 saturated heterocycles. The van der Waals surface area contributed by atoms with Crippen LogP contribution in [0.15, 0.2) is 0 Å². The van der Waals surface area contributed by atoms with Crippen molar-refractivity contribution in [2.75, 3.05) is 26.7 Å². The van der Waals surface area contributed by atoms with Gasteiger partial charge < -0.3 is 15.3 Å². The van der Waals surface area contributed by atoms with Crippen LogP contribution in [-0.4, -0.2) is 48.2 Å². The smallest absolute Gasteiger partial charge is 0.325 e. The molecule has 1 fully saturated rings. The number of rotatable bonds is 4. The highest BCUT2D eigenvalue weighted by Crippen LogP contribution is 2.20. The van der Waals surface area contributed by atoms with Crippen molar-refractivity contribution < 1.29 is 9.90 Å². The molecule has 88 valence electrons. The zero-order valence-corrected chi connectivity index (χ0v) is 9.92. The Morgan fingerprint density at radius 1 is 1.60 bits per heavy atom. The summed E-state index contributed by atoms with van der Waals surface area (Å²) in [6, 6.07) is 0. The van der Waals surface area contributed by atoms with Gasteiger partial charge in [0.2, 0.25) is 0 Å². The van der Waals surface area contributed by atoms with Crippen LogP contribution in [-0.2, 0) is 4.79 Å². The largest absolute Gasteiger partial charge is 0.480 e. The first-order chi connectivity index (χ1) is 6.96. The van der Waals surface area contributed by atoms with E-state index in [0.29, 0.717) is 12.5 Å². The van der Waals surface area contributed by atoms with E-state index in [0.717, 1.165) is 25.9 Å². The SMILES string of the molecule is CC(C)CNC1(C(=O)O)CCCN(C)C1. The number of aliphatic carboxylic acids is 1. The fourth-order valence-electron chi connectivity index (χ4n) is 2.06. The quantitative estimate of drug-likeness (QED) is 0.726. The van der Waals surface area contributed by atoms with E-state index in [1.807, 2.05) is 7.05 Å². The van der Waals surface area contributed by atoms with Crippen LogP contribution < -0.4 is 5.32 Å². The van der Waals surface area contributed by atoms with Crippen molar-refractivity contribution in [2.45, 2.75) is 32.2 Å². The Hall–Kier alpha value is -0.610. The molecule has 4 nitrogen and oxygen atoms in total. The van der Waals surface area contributed by atoms with Gasteiger partial charge in [0.15, 0.2) is 0 Å². The summed E-state index contributed by atoms with van der Waals surface area (Å²) in [6.45, 7) is 6.55. The minimum absolute atomic E-state index is 0.480. The highest BCUT2D eigenvalue weighted by Gasteiger charge is 2.41. The lowest BCUT2D eigenvalue weighted by Gasteiger charge is -2.39. The van der Waals surface area contributed by atoms with Gasteiger partial charge in [-0.1, -0.05) is 13.8 Å². The number of carboxylic acids is 1. The van der Waals surface area contributed by atoms with E-state index in [-0.39, 0.29) is 0 Å². The number of nitrogens with zero attached hydrogens (tertiary/aromatic N) is 1. The summed E-state index contributed by atoms with van der Waals surface area (Å²) in [6.07, 6.45) is 1.69. The molecule has 0 aromatic rings. The molecular formula is C11H22N2O2. The first-order valence-electron chi connectivity index (χ1n) is 5.63. The normalized spacial score (nSPS) is 28.3. The predicted octanol–water partition coefficient (Wildman–Crippen LogP) is 0.781. The summed E-state index contributed by atoms with van der Waals surface area (Å²) < 4.78 is 0. The van der Waals surface area contributed by atoms with Gasteiger partial charge in [0, 0.05) is 6.54 Å². The third-order valence-electron chi connectivity index (χ3n) is 2.94. The Labute approximate surface area is 91.6 Å². The van der Waals surface area contributed by atoms with E-state index in [4.69, 9.17) is 0 Å². The second kappa shape index (κ2) is 4.94. The number of nitrogens with one attached hydrogen (secondary N) is 1. The fourth-order valence-corrected chi connectivity index (χ4v) is 2.06. The number of hydrogen-bond donors (Lipinski definition) is 2. The van der Waals surface area contributed by atoms with Gasteiger partial charge >= 0.3 is 5.97 Å². The number of hydrogen-bond acceptors (Lipinski definition) is 3. The maximum atomic E-state index is 11.3. The van der Waals surface area contributed by atoms with Gasteiger partial charge in [0.25, 0.3) is 0 Å². The standard InChI is InChI=1S/C11H22N2O2/c1-9(2)7-12-11(10(14)15)5-4-6-13(3)8-11/h9,12H,4-8H2,1-3H3,(H,14,15). The molecule has 15 heavy (non-hydrogen) atoms. The van der Waals surface area contributed by atoms with E-state index >= 15 is 0 Å². The molecule has 1 aliphatic rings. The minimum atomic E-state index is -0.725. The molecule has 0 spiro atoms. The van der Waals surface area contributed by atoms with Crippen molar-refractivity contribution in [3.05, 3.63) is 0 Å². The number of carboxylic acid groups (broad SMARTS) is 1. The highest BCUT2D eigenvalue weighted by atomic mass is 16.4. The topological polar surface area (TPSA) is 52.6 Å². The molecule has 1 rings (SSSR count). The van der Waals surface area contributed by atoms with Crippen LogP contribution in [0.3, 0.4) is 0 Å². The zero-order chi connectivity index (χ0) is 11.5. The van der Waals surface area contributed by atoms with Crippen molar-refractivity contribution >= 4 is 5.97 Å². The van der Waals surface area contributed by atoms with Crippen molar-refractivity contribution in [3.63, 3.8) is 0 Å². The van der Waals surface area contributed by atoms with E-state index in [1.165, 1.54) is 0 Å². The van der Waals surface area contributed by atoms with Gasteiger partial charge in [-0.3, -0.25) is 4.79 Å². The Morgan fingerprint density at radius 2 is 2.27 bits per heavy atom. The van der Waals surface area contributed by atoms with Crippen LogP contribution in [0.2, 0.25) is 0 Å². The number of likely N-dealkylation sites (N-methyl/N-ethyl adjacent to an activating group) is 1. The first-order valence-corrected chi connectivity index (χ1v) is 5.63. The summed E-state index contributed by atoms with van der Waals surface area (Å²) in [5.41, 5.74) is -0.725. The zero-order valence-electron chi connectivity index (χ0n) is 9.92. The summed E-state index contributed by atoms with van der Waals surface area (Å²) in [5, 5.41) is 12.6. The van der Waals surface area contributed by atoms with Gasteiger partial charge in [-0.2, -0.15) is 0 Å². The monoisotopic (exact) mass is 214 g/mol. The number of carbonyl (C=O) groups is 1. The molecule has 0 bridgehead atoms. The number of likely N-dealkylation sites (tertiary alicyclic amines) is 1. The predicted molar refractivity (Wildman–Crippen MR) is 59.9 cm³/mol. The van der Waals surface area contributed by atoms with E-state index in [9.17, 15) is 9.90 Å². The molecule has 4 heteroatoms. The second-order valence-corrected chi connectivity index (χ2v) is 5.00. The van der Waals surface area contributed by atoms with Gasteiger partial charge in [-0.05, 0) is 38.9 Å². The molecule has 0 aliphatic carbocycles. The average molecular weight is 214 g/mol. The summed E-state index contributed by atoms with van der Waals surface area (Å²) >= 11 is 0. The van der Waals surface area contributed by atoms with Crippen LogP contribution >= 0.6 is 0 Å². The van der Waals surface area contributed by atoms with E-state index in [2.05, 4.69) is 24.1 Å². The van der Waals surface area contributed by atoms with Crippen LogP contribution in [0, 0.1) is 5.92 Å². The summed E-state index contributed by atoms with van der Waals surface area (Å²) in [5.74, 6) is -0.233. The molecule has 1 atom stereocenters. The van der Waals surface area contributed by atoms with Crippen molar-refractivity contribution in [3.8, 4) is 0 Å². The second-order valence-electron chi connectivity index (χ2n) is 5.00. The highest BCUT2D eigenvalue weighted by molar-refractivity contribution is 5.79. The van der Waals surface area contributed by atoms with Gasteiger partial charge in [0.1, 0.15) is 5.54 Å². The van der Waals surface area contributed by atoms with Crippen LogP contribution in [0.5, 0.6) is 0 Å². The molecule has 2 N–H and O–H groups in total. The summed E-state index contributed by atoms with van der Waals surface area (Å²) in [4.78, 5) is 13.4. The van der Waals surface area contributed by atoms with Crippen LogP contribution in [0.25, 0.3) is 0 Å². The number of piperidine rings is 1. The maximum Gasteiger partial charge on any atom is 0.325 e. The first kappa shape index (κ1) is 12.5. The molecule has 0 aromatic carbocycles. The van der Waals surface area contributed by atoms with E-state index < -0.39 is 11.5 Å². The third kappa shape index (κ3) is 3.18. The average Bonchev–Trinajstić information content (AvgIpc) is 2.14. The lowest BCUT2D eigenvalue weighted by Crippen LogP contribution is -2.61. The minimum Gasteiger partial charge on any atom is -0.480 e. The molecule has 0 saturated carbocycles. The lowest BCUT2D eigenvalue weighted by molar-refractivity contribution is -0.147. The fraction of sp³-hybridized carbons (Fsp3) is 0.909. The van der Waals surface area contributed by atoms with Gasteiger partial charge in [-0.25, -0.2) is 0 Å². The lowest BCUT2D eigenvalue weighted by atomic mass is 9.89. The molecular weight excluding hydrogens is 192 g/mol. The molecule has 1 aliphatic heterocycles. The molecule has 1 unspecified atom stereocenters. The Bertz CT molecular complexity index is 231. The van der Waals surface area contributed by atoms with Gasteiger partial charge in [0.05, 0.1) is 0 Å². The Balaban J connectivity index is 2.65. The Morgan fingerprint density at radius 3 is 2.73 bits per heavy atom. The Kier molecular flexibility index (Phi) is 4.11.